The molecule has 0 aromatic rings. The van der Waals surface area contributed by atoms with Crippen LogP contribution in [0.15, 0.2) is 0 Å². The van der Waals surface area contributed by atoms with Crippen LogP contribution in [0.4, 0.5) is 0 Å². The Hall–Kier alpha value is -0.260. The van der Waals surface area contributed by atoms with Crippen molar-refractivity contribution < 1.29 is 9.90 Å². The van der Waals surface area contributed by atoms with Crippen molar-refractivity contribution in [2.24, 2.45) is 0 Å². The van der Waals surface area contributed by atoms with Gasteiger partial charge < -0.3 is 10.4 Å². The highest BCUT2D eigenvalue weighted by molar-refractivity contribution is 7.98. The number of likely N-dealkylation sites (N-methyl/N-ethyl adjacent to an activating group) is 1. The molecule has 4 nitrogen and oxygen atoms in total. The fourth-order valence-corrected chi connectivity index (χ4v) is 2.30. The largest absolute Gasteiger partial charge is 0.387 e. The van der Waals surface area contributed by atoms with Crippen molar-refractivity contribution in [2.45, 2.75) is 31.4 Å². The lowest BCUT2D eigenvalue weighted by molar-refractivity contribution is -0.123. The smallest absolute Gasteiger partial charge is 0.234 e. The summed E-state index contributed by atoms with van der Waals surface area (Å²) in [4.78, 5) is 13.6. The van der Waals surface area contributed by atoms with Gasteiger partial charge in [0, 0.05) is 18.3 Å². The van der Waals surface area contributed by atoms with E-state index in [4.69, 9.17) is 0 Å². The molecule has 16 heavy (non-hydrogen) atoms. The minimum atomic E-state index is -0.812. The van der Waals surface area contributed by atoms with Crippen molar-refractivity contribution in [3.05, 3.63) is 0 Å². The Morgan fingerprint density at radius 3 is 2.75 bits per heavy atom. The predicted molar refractivity (Wildman–Crippen MR) is 67.7 cm³/mol. The maximum Gasteiger partial charge on any atom is 0.234 e. The molecule has 1 aliphatic carbocycles. The van der Waals surface area contributed by atoms with Crippen molar-refractivity contribution in [3.8, 4) is 0 Å². The highest BCUT2D eigenvalue weighted by Crippen LogP contribution is 2.24. The van der Waals surface area contributed by atoms with Crippen LogP contribution in [0.1, 0.15) is 19.8 Å². The Labute approximate surface area is 102 Å². The third-order valence-corrected chi connectivity index (χ3v) is 3.60. The Morgan fingerprint density at radius 1 is 1.62 bits per heavy atom. The van der Waals surface area contributed by atoms with Gasteiger partial charge in [-0.25, -0.2) is 0 Å². The van der Waals surface area contributed by atoms with Gasteiger partial charge in [0.1, 0.15) is 0 Å². The number of aliphatic hydroxyl groups is 1. The van der Waals surface area contributed by atoms with E-state index in [1.807, 2.05) is 13.3 Å². The molecule has 1 fully saturated rings. The maximum absolute atomic E-state index is 11.6. The Bertz CT molecular complexity index is 242. The van der Waals surface area contributed by atoms with E-state index in [0.717, 1.165) is 0 Å². The second-order valence-corrected chi connectivity index (χ2v) is 5.72. The summed E-state index contributed by atoms with van der Waals surface area (Å²) in [5, 5.41) is 12.6. The van der Waals surface area contributed by atoms with Crippen LogP contribution in [0.3, 0.4) is 0 Å². The maximum atomic E-state index is 11.6. The van der Waals surface area contributed by atoms with Gasteiger partial charge >= 0.3 is 0 Å². The van der Waals surface area contributed by atoms with Crippen molar-refractivity contribution in [1.82, 2.24) is 10.2 Å². The lowest BCUT2D eigenvalue weighted by Gasteiger charge is -2.23. The first kappa shape index (κ1) is 13.8. The van der Waals surface area contributed by atoms with Gasteiger partial charge in [0.05, 0.1) is 12.1 Å². The van der Waals surface area contributed by atoms with E-state index < -0.39 is 5.60 Å². The van der Waals surface area contributed by atoms with Crippen molar-refractivity contribution in [2.75, 3.05) is 32.1 Å². The first-order valence-electron chi connectivity index (χ1n) is 5.63. The van der Waals surface area contributed by atoms with Crippen LogP contribution in [0.2, 0.25) is 0 Å². The van der Waals surface area contributed by atoms with E-state index in [9.17, 15) is 9.90 Å². The molecule has 1 atom stereocenters. The van der Waals surface area contributed by atoms with Crippen LogP contribution < -0.4 is 5.32 Å². The van der Waals surface area contributed by atoms with Crippen molar-refractivity contribution in [1.29, 1.82) is 0 Å². The molecule has 1 aliphatic rings. The third-order valence-electron chi connectivity index (χ3n) is 2.68. The second kappa shape index (κ2) is 5.89. The standard InChI is InChI=1S/C11H22N2O2S/c1-11(15,8-16-3)7-12-10(14)6-13(2)9-4-5-9/h9,15H,4-8H2,1-3H3,(H,12,14). The average molecular weight is 246 g/mol. The minimum absolute atomic E-state index is 0.00391. The highest BCUT2D eigenvalue weighted by Gasteiger charge is 2.27. The molecular formula is C11H22N2O2S. The molecule has 1 unspecified atom stereocenters. The van der Waals surface area contributed by atoms with E-state index in [2.05, 4.69) is 10.2 Å². The quantitative estimate of drug-likeness (QED) is 0.679. The zero-order valence-corrected chi connectivity index (χ0v) is 11.1. The Balaban J connectivity index is 2.18. The fourth-order valence-electron chi connectivity index (χ4n) is 1.58. The lowest BCUT2D eigenvalue weighted by Crippen LogP contribution is -2.45. The van der Waals surface area contributed by atoms with E-state index in [-0.39, 0.29) is 5.91 Å². The van der Waals surface area contributed by atoms with Gasteiger partial charge in [0.2, 0.25) is 5.91 Å². The first-order chi connectivity index (χ1) is 7.44. The summed E-state index contributed by atoms with van der Waals surface area (Å²) in [6.45, 7) is 2.50. The Kier molecular flexibility index (Phi) is 5.08. The lowest BCUT2D eigenvalue weighted by atomic mass is 10.1. The summed E-state index contributed by atoms with van der Waals surface area (Å²) in [5.74, 6) is 0.627. The molecule has 5 heteroatoms. The molecule has 94 valence electrons. The summed E-state index contributed by atoms with van der Waals surface area (Å²) in [5.41, 5.74) is -0.812. The minimum Gasteiger partial charge on any atom is -0.387 e. The SMILES string of the molecule is CSCC(C)(O)CNC(=O)CN(C)C1CC1. The molecule has 2 N–H and O–H groups in total. The van der Waals surface area contributed by atoms with Gasteiger partial charge in [-0.15, -0.1) is 0 Å². The van der Waals surface area contributed by atoms with Crippen LogP contribution >= 0.6 is 11.8 Å². The number of carbonyl (C=O) groups is 1. The van der Waals surface area contributed by atoms with Gasteiger partial charge in [-0.2, -0.15) is 11.8 Å². The number of hydrogen-bond donors (Lipinski definition) is 2. The predicted octanol–water partition coefficient (Wildman–Crippen LogP) is 0.311. The first-order valence-corrected chi connectivity index (χ1v) is 7.02. The molecule has 1 amide bonds. The second-order valence-electron chi connectivity index (χ2n) is 4.85. The molecular weight excluding hydrogens is 224 g/mol. The number of rotatable bonds is 7. The molecule has 0 spiro atoms. The van der Waals surface area contributed by atoms with Crippen LogP contribution in [-0.2, 0) is 4.79 Å². The molecule has 0 aromatic heterocycles. The van der Waals surface area contributed by atoms with E-state index in [1.165, 1.54) is 12.8 Å². The molecule has 0 bridgehead atoms. The van der Waals surface area contributed by atoms with Crippen LogP contribution in [0.5, 0.6) is 0 Å². The summed E-state index contributed by atoms with van der Waals surface area (Å²) in [7, 11) is 1.97. The summed E-state index contributed by atoms with van der Waals surface area (Å²) < 4.78 is 0. The fraction of sp³-hybridized carbons (Fsp3) is 0.909. The van der Waals surface area contributed by atoms with Crippen LogP contribution in [0.25, 0.3) is 0 Å². The van der Waals surface area contributed by atoms with Gasteiger partial charge in [-0.3, -0.25) is 9.69 Å². The average Bonchev–Trinajstić information content (AvgIpc) is 2.98. The normalized spacial score (nSPS) is 19.6. The van der Waals surface area contributed by atoms with Gasteiger partial charge in [-0.1, -0.05) is 0 Å². The summed E-state index contributed by atoms with van der Waals surface area (Å²) in [6.07, 6.45) is 4.35. The Morgan fingerprint density at radius 2 is 2.25 bits per heavy atom. The molecule has 0 aliphatic heterocycles. The third kappa shape index (κ3) is 5.18. The molecule has 0 radical (unpaired) electrons. The van der Waals surface area contributed by atoms with Crippen molar-refractivity contribution >= 4 is 17.7 Å². The number of nitrogens with zero attached hydrogens (tertiary/aromatic N) is 1. The number of carbonyl (C=O) groups excluding carboxylic acids is 1. The molecule has 0 heterocycles. The molecule has 0 aromatic carbocycles. The van der Waals surface area contributed by atoms with Gasteiger partial charge in [0.25, 0.3) is 0 Å². The van der Waals surface area contributed by atoms with E-state index in [1.54, 1.807) is 18.7 Å². The molecule has 0 saturated heterocycles. The van der Waals surface area contributed by atoms with E-state index in [0.29, 0.717) is 24.9 Å². The topological polar surface area (TPSA) is 52.6 Å². The summed E-state index contributed by atoms with van der Waals surface area (Å²) >= 11 is 1.58. The monoisotopic (exact) mass is 246 g/mol. The van der Waals surface area contributed by atoms with Crippen LogP contribution in [-0.4, -0.2) is 59.7 Å². The van der Waals surface area contributed by atoms with Gasteiger partial charge in [0.15, 0.2) is 0 Å². The zero-order chi connectivity index (χ0) is 12.2. The summed E-state index contributed by atoms with van der Waals surface area (Å²) in [6, 6.07) is 0.595. The van der Waals surface area contributed by atoms with E-state index >= 15 is 0 Å². The molecule has 1 saturated carbocycles. The van der Waals surface area contributed by atoms with Crippen molar-refractivity contribution in [3.63, 3.8) is 0 Å². The number of amides is 1. The molecule has 1 rings (SSSR count). The number of nitrogens with one attached hydrogen (secondary N) is 1. The number of hydrogen-bond acceptors (Lipinski definition) is 4. The van der Waals surface area contributed by atoms with Gasteiger partial charge in [-0.05, 0) is 33.1 Å². The highest BCUT2D eigenvalue weighted by atomic mass is 32.2. The number of thioether (sulfide) groups is 1. The van der Waals surface area contributed by atoms with Crippen LogP contribution in [0, 0.1) is 0 Å². The zero-order valence-electron chi connectivity index (χ0n) is 10.3.